The van der Waals surface area contributed by atoms with Gasteiger partial charge in [0.15, 0.2) is 11.5 Å². The van der Waals surface area contributed by atoms with Gasteiger partial charge in [-0.25, -0.2) is 4.79 Å². The van der Waals surface area contributed by atoms with E-state index in [-0.39, 0.29) is 35.1 Å². The molecule has 1 amide bonds. The molecule has 0 fully saturated rings. The number of nitro benzene ring substituents is 1. The summed E-state index contributed by atoms with van der Waals surface area (Å²) in [6.45, 7) is 2.05. The van der Waals surface area contributed by atoms with Crippen LogP contribution in [0.4, 0.5) is 11.4 Å². The lowest BCUT2D eigenvalue weighted by molar-refractivity contribution is -0.384. The van der Waals surface area contributed by atoms with Crippen LogP contribution in [0.1, 0.15) is 22.8 Å². The van der Waals surface area contributed by atoms with Crippen LogP contribution >= 0.6 is 0 Å². The van der Waals surface area contributed by atoms with Crippen LogP contribution in [0.25, 0.3) is 16.8 Å². The van der Waals surface area contributed by atoms with Crippen LogP contribution < -0.4 is 14.8 Å². The number of hydrogen-bond acceptors (Lipinski definition) is 7. The van der Waals surface area contributed by atoms with E-state index in [0.717, 1.165) is 10.8 Å². The summed E-state index contributed by atoms with van der Waals surface area (Å²) in [5.41, 5.74) is 0.596. The molecule has 4 aromatic rings. The molecule has 0 bridgehead atoms. The molecule has 1 N–H and O–H groups in total. The van der Waals surface area contributed by atoms with Gasteiger partial charge < -0.3 is 14.8 Å². The van der Waals surface area contributed by atoms with Crippen LogP contribution in [0.5, 0.6) is 11.5 Å². The van der Waals surface area contributed by atoms with E-state index in [2.05, 4.69) is 5.32 Å². The molecule has 0 spiro atoms. The first-order valence-corrected chi connectivity index (χ1v) is 11.5. The summed E-state index contributed by atoms with van der Waals surface area (Å²) in [6, 6.07) is 24.7. The van der Waals surface area contributed by atoms with E-state index in [1.807, 2.05) is 36.4 Å². The molecule has 9 nitrogen and oxygen atoms in total. The first-order valence-electron chi connectivity index (χ1n) is 11.5. The van der Waals surface area contributed by atoms with Crippen LogP contribution in [-0.2, 0) is 4.79 Å². The highest BCUT2D eigenvalue weighted by atomic mass is 16.6. The topological polar surface area (TPSA) is 132 Å². The maximum absolute atomic E-state index is 13.0. The maximum atomic E-state index is 13.0. The average molecular weight is 508 g/mol. The molecule has 38 heavy (non-hydrogen) atoms. The Morgan fingerprint density at radius 3 is 2.53 bits per heavy atom. The SMILES string of the molecule is CCOc1cc(/C=C(\C#N)C(=O)Nc2cccc([N+](=O)[O-])c2)ccc1OC(=O)c1cccc2ccccc12. The maximum Gasteiger partial charge on any atom is 0.344 e. The lowest BCUT2D eigenvalue weighted by Gasteiger charge is -2.12. The molecule has 4 rings (SSSR count). The van der Waals surface area contributed by atoms with Crippen molar-refractivity contribution in [1.82, 2.24) is 0 Å². The van der Waals surface area contributed by atoms with E-state index in [1.54, 1.807) is 31.2 Å². The zero-order valence-electron chi connectivity index (χ0n) is 20.2. The third-order valence-electron chi connectivity index (χ3n) is 5.47. The number of carbonyl (C=O) groups is 2. The van der Waals surface area contributed by atoms with Crippen molar-refractivity contribution in [1.29, 1.82) is 5.26 Å². The van der Waals surface area contributed by atoms with Crippen LogP contribution in [-0.4, -0.2) is 23.4 Å². The van der Waals surface area contributed by atoms with Gasteiger partial charge in [0.05, 0.1) is 17.1 Å². The monoisotopic (exact) mass is 507 g/mol. The molecule has 0 aliphatic rings. The fraction of sp³-hybridized carbons (Fsp3) is 0.0690. The molecule has 188 valence electrons. The summed E-state index contributed by atoms with van der Waals surface area (Å²) >= 11 is 0. The minimum absolute atomic E-state index is 0.177. The summed E-state index contributed by atoms with van der Waals surface area (Å²) in [5, 5.41) is 24.7. The van der Waals surface area contributed by atoms with E-state index in [1.165, 1.54) is 36.4 Å². The summed E-state index contributed by atoms with van der Waals surface area (Å²) in [6.07, 6.45) is 1.34. The summed E-state index contributed by atoms with van der Waals surface area (Å²) in [7, 11) is 0. The van der Waals surface area contributed by atoms with Crippen molar-refractivity contribution < 1.29 is 24.0 Å². The Bertz CT molecular complexity index is 1620. The van der Waals surface area contributed by atoms with Gasteiger partial charge in [-0.05, 0) is 53.6 Å². The van der Waals surface area contributed by atoms with Gasteiger partial charge in [-0.3, -0.25) is 14.9 Å². The van der Waals surface area contributed by atoms with E-state index in [0.29, 0.717) is 11.1 Å². The van der Waals surface area contributed by atoms with Crippen molar-refractivity contribution in [3.63, 3.8) is 0 Å². The Morgan fingerprint density at radius 1 is 1.00 bits per heavy atom. The molecular formula is C29H21N3O6. The number of non-ortho nitro benzene ring substituents is 1. The van der Waals surface area contributed by atoms with E-state index >= 15 is 0 Å². The van der Waals surface area contributed by atoms with Crippen molar-refractivity contribution in [2.24, 2.45) is 0 Å². The number of nitro groups is 1. The Morgan fingerprint density at radius 2 is 1.76 bits per heavy atom. The molecule has 0 saturated heterocycles. The Hall–Kier alpha value is -5.49. The molecule has 0 heterocycles. The lowest BCUT2D eigenvalue weighted by atomic mass is 10.0. The molecule has 0 aromatic heterocycles. The second-order valence-corrected chi connectivity index (χ2v) is 7.99. The minimum Gasteiger partial charge on any atom is -0.490 e. The number of fused-ring (bicyclic) bond motifs is 1. The fourth-order valence-corrected chi connectivity index (χ4v) is 3.74. The number of carbonyl (C=O) groups excluding carboxylic acids is 2. The van der Waals surface area contributed by atoms with Crippen LogP contribution in [0.2, 0.25) is 0 Å². The van der Waals surface area contributed by atoms with Crippen LogP contribution in [0, 0.1) is 21.4 Å². The van der Waals surface area contributed by atoms with E-state index in [9.17, 15) is 25.0 Å². The normalized spacial score (nSPS) is 10.9. The standard InChI is InChI=1S/C29H21N3O6/c1-2-37-27-16-19(15-21(18-30)28(33)31-22-9-6-10-23(17-22)32(35)36)13-14-26(27)38-29(34)25-12-5-8-20-7-3-4-11-24(20)25/h3-17H,2H2,1H3,(H,31,33)/b21-15+. The molecule has 0 atom stereocenters. The van der Waals surface area contributed by atoms with E-state index in [4.69, 9.17) is 9.47 Å². The first kappa shape index (κ1) is 25.6. The van der Waals surface area contributed by atoms with Gasteiger partial charge in [0.25, 0.3) is 11.6 Å². The predicted octanol–water partition coefficient (Wildman–Crippen LogP) is 5.91. The number of rotatable bonds is 8. The quantitative estimate of drug-likeness (QED) is 0.0783. The number of hydrogen-bond donors (Lipinski definition) is 1. The molecule has 0 unspecified atom stereocenters. The van der Waals surface area contributed by atoms with Gasteiger partial charge in [-0.15, -0.1) is 0 Å². The Balaban J connectivity index is 1.58. The van der Waals surface area contributed by atoms with Crippen LogP contribution in [0.15, 0.2) is 90.5 Å². The minimum atomic E-state index is -0.739. The molecule has 4 aromatic carbocycles. The first-order chi connectivity index (χ1) is 18.4. The fourth-order valence-electron chi connectivity index (χ4n) is 3.74. The van der Waals surface area contributed by atoms with Crippen molar-refractivity contribution >= 4 is 40.1 Å². The highest BCUT2D eigenvalue weighted by Gasteiger charge is 2.17. The van der Waals surface area contributed by atoms with Crippen molar-refractivity contribution in [2.75, 3.05) is 11.9 Å². The lowest BCUT2D eigenvalue weighted by Crippen LogP contribution is -2.13. The predicted molar refractivity (Wildman–Crippen MR) is 142 cm³/mol. The molecule has 0 aliphatic heterocycles. The number of nitrogens with one attached hydrogen (secondary N) is 1. The molecule has 0 radical (unpaired) electrons. The molecule has 0 aliphatic carbocycles. The Labute approximate surface area is 217 Å². The highest BCUT2D eigenvalue weighted by Crippen LogP contribution is 2.31. The summed E-state index contributed by atoms with van der Waals surface area (Å²) in [4.78, 5) is 36.0. The highest BCUT2D eigenvalue weighted by molar-refractivity contribution is 6.10. The third kappa shape index (κ3) is 5.83. The van der Waals surface area contributed by atoms with E-state index < -0.39 is 16.8 Å². The summed E-state index contributed by atoms with van der Waals surface area (Å²) < 4.78 is 11.3. The number of nitriles is 1. The molecule has 9 heteroatoms. The van der Waals surface area contributed by atoms with Gasteiger partial charge >= 0.3 is 5.97 Å². The van der Waals surface area contributed by atoms with Crippen molar-refractivity contribution in [2.45, 2.75) is 6.92 Å². The van der Waals surface area contributed by atoms with Gasteiger partial charge in [0, 0.05) is 17.8 Å². The van der Waals surface area contributed by atoms with Gasteiger partial charge in [0.2, 0.25) is 0 Å². The number of benzene rings is 4. The number of anilines is 1. The smallest absolute Gasteiger partial charge is 0.344 e. The number of esters is 1. The van der Waals surface area contributed by atoms with Crippen LogP contribution in [0.3, 0.4) is 0 Å². The zero-order chi connectivity index (χ0) is 27.1. The zero-order valence-corrected chi connectivity index (χ0v) is 20.2. The number of amides is 1. The van der Waals surface area contributed by atoms with Gasteiger partial charge in [-0.2, -0.15) is 5.26 Å². The molecule has 0 saturated carbocycles. The van der Waals surface area contributed by atoms with Gasteiger partial charge in [-0.1, -0.05) is 48.5 Å². The third-order valence-corrected chi connectivity index (χ3v) is 5.47. The second-order valence-electron chi connectivity index (χ2n) is 7.99. The van der Waals surface area contributed by atoms with Crippen molar-refractivity contribution in [3.8, 4) is 17.6 Å². The Kier molecular flexibility index (Phi) is 7.74. The average Bonchev–Trinajstić information content (AvgIpc) is 2.92. The molecular weight excluding hydrogens is 486 g/mol. The number of ether oxygens (including phenoxy) is 2. The summed E-state index contributed by atoms with van der Waals surface area (Å²) in [5.74, 6) is -0.856. The largest absolute Gasteiger partial charge is 0.490 e. The van der Waals surface area contributed by atoms with Crippen molar-refractivity contribution in [3.05, 3.63) is 112 Å². The van der Waals surface area contributed by atoms with Gasteiger partial charge in [0.1, 0.15) is 11.6 Å². The second kappa shape index (κ2) is 11.5. The number of nitrogens with zero attached hydrogens (tertiary/aromatic N) is 2.